The van der Waals surface area contributed by atoms with Gasteiger partial charge >= 0.3 is 6.03 Å². The van der Waals surface area contributed by atoms with Crippen molar-refractivity contribution in [1.29, 1.82) is 0 Å². The third-order valence-corrected chi connectivity index (χ3v) is 5.77. The van der Waals surface area contributed by atoms with Gasteiger partial charge in [-0.3, -0.25) is 0 Å². The number of rotatable bonds is 5. The number of carbonyl (C=O) groups is 1. The van der Waals surface area contributed by atoms with Crippen LogP contribution in [0.3, 0.4) is 0 Å². The summed E-state index contributed by atoms with van der Waals surface area (Å²) < 4.78 is 5.63. The van der Waals surface area contributed by atoms with Gasteiger partial charge in [0.2, 0.25) is 0 Å². The molecule has 0 aromatic heterocycles. The van der Waals surface area contributed by atoms with Gasteiger partial charge in [0.15, 0.2) is 0 Å². The largest absolute Gasteiger partial charge is 0.496 e. The van der Waals surface area contributed by atoms with Crippen LogP contribution in [0.1, 0.15) is 44.1 Å². The zero-order valence-electron chi connectivity index (χ0n) is 14.6. The number of benzene rings is 1. The molecular weight excluding hydrogens is 302 g/mol. The van der Waals surface area contributed by atoms with Crippen LogP contribution in [0, 0.1) is 0 Å². The summed E-state index contributed by atoms with van der Waals surface area (Å²) in [6, 6.07) is 8.62. The average molecular weight is 331 g/mol. The molecule has 1 aliphatic heterocycles. The minimum atomic E-state index is -0.297. The fraction of sp³-hybridized carbons (Fsp3) is 0.632. The Morgan fingerprint density at radius 2 is 1.96 bits per heavy atom. The number of urea groups is 1. The van der Waals surface area contributed by atoms with E-state index < -0.39 is 0 Å². The molecule has 2 fully saturated rings. The van der Waals surface area contributed by atoms with Gasteiger partial charge in [0, 0.05) is 36.7 Å². The number of nitrogens with one attached hydrogen (secondary N) is 1. The van der Waals surface area contributed by atoms with Crippen LogP contribution in [-0.2, 0) is 5.41 Å². The first kappa shape index (κ1) is 17.1. The fourth-order valence-corrected chi connectivity index (χ4v) is 4.32. The molecule has 5 heteroatoms. The monoisotopic (exact) mass is 331 g/mol. The standard InChI is InChI=1S/C19H29N3O2/c1-24-17-7-3-2-6-16(17)19(10-4-5-11-19)14-21-15-8-12-22(13-9-15)18(20)23/h2-3,6-7,15,21H,4-5,8-14H2,1H3,(H2,20,23). The SMILES string of the molecule is COc1ccccc1C1(CNC2CCN(C(N)=O)CC2)CCCC1. The van der Waals surface area contributed by atoms with Crippen LogP contribution in [0.5, 0.6) is 5.75 Å². The molecule has 132 valence electrons. The third-order valence-electron chi connectivity index (χ3n) is 5.77. The summed E-state index contributed by atoms with van der Waals surface area (Å²) in [5, 5.41) is 3.78. The van der Waals surface area contributed by atoms with Crippen molar-refractivity contribution < 1.29 is 9.53 Å². The summed E-state index contributed by atoms with van der Waals surface area (Å²) in [7, 11) is 1.76. The van der Waals surface area contributed by atoms with Gasteiger partial charge in [-0.05, 0) is 31.7 Å². The van der Waals surface area contributed by atoms with Crippen LogP contribution in [0.4, 0.5) is 4.79 Å². The second kappa shape index (κ2) is 7.43. The topological polar surface area (TPSA) is 67.6 Å². The predicted molar refractivity (Wildman–Crippen MR) is 95.3 cm³/mol. The van der Waals surface area contributed by atoms with Gasteiger partial charge in [0.05, 0.1) is 7.11 Å². The van der Waals surface area contributed by atoms with Gasteiger partial charge in [-0.2, -0.15) is 0 Å². The number of ether oxygens (including phenoxy) is 1. The van der Waals surface area contributed by atoms with Crippen LogP contribution in [0.25, 0.3) is 0 Å². The lowest BCUT2D eigenvalue weighted by Gasteiger charge is -2.36. The Kier molecular flexibility index (Phi) is 5.29. The second-order valence-electron chi connectivity index (χ2n) is 7.17. The zero-order valence-corrected chi connectivity index (χ0v) is 14.6. The Labute approximate surface area is 144 Å². The minimum Gasteiger partial charge on any atom is -0.496 e. The number of carbonyl (C=O) groups excluding carboxylic acids is 1. The highest BCUT2D eigenvalue weighted by molar-refractivity contribution is 5.72. The highest BCUT2D eigenvalue weighted by Gasteiger charge is 2.38. The number of nitrogens with zero attached hydrogens (tertiary/aromatic N) is 1. The number of hydrogen-bond acceptors (Lipinski definition) is 3. The van der Waals surface area contributed by atoms with Crippen molar-refractivity contribution in [1.82, 2.24) is 10.2 Å². The predicted octanol–water partition coefficient (Wildman–Crippen LogP) is 2.64. The van der Waals surface area contributed by atoms with Crippen molar-refractivity contribution >= 4 is 6.03 Å². The van der Waals surface area contributed by atoms with Gasteiger partial charge in [0.25, 0.3) is 0 Å². The van der Waals surface area contributed by atoms with Crippen LogP contribution in [0.15, 0.2) is 24.3 Å². The number of para-hydroxylation sites is 1. The molecule has 5 nitrogen and oxygen atoms in total. The number of methoxy groups -OCH3 is 1. The number of primary amides is 1. The number of piperidine rings is 1. The van der Waals surface area contributed by atoms with E-state index in [2.05, 4.69) is 23.5 Å². The number of hydrogen-bond donors (Lipinski definition) is 2. The molecule has 1 aromatic rings. The number of nitrogens with two attached hydrogens (primary N) is 1. The van der Waals surface area contributed by atoms with Crippen LogP contribution in [-0.4, -0.2) is 43.7 Å². The Morgan fingerprint density at radius 1 is 1.29 bits per heavy atom. The second-order valence-corrected chi connectivity index (χ2v) is 7.17. The molecule has 0 bridgehead atoms. The maximum atomic E-state index is 11.2. The van der Waals surface area contributed by atoms with E-state index in [9.17, 15) is 4.79 Å². The zero-order chi connectivity index (χ0) is 17.0. The molecule has 1 saturated heterocycles. The first-order valence-corrected chi connectivity index (χ1v) is 9.06. The Hall–Kier alpha value is -1.75. The average Bonchev–Trinajstić information content (AvgIpc) is 3.10. The van der Waals surface area contributed by atoms with Crippen molar-refractivity contribution in [3.8, 4) is 5.75 Å². The Balaban J connectivity index is 1.66. The third kappa shape index (κ3) is 3.51. The lowest BCUT2D eigenvalue weighted by molar-refractivity contribution is 0.182. The lowest BCUT2D eigenvalue weighted by Crippen LogP contribution is -2.49. The van der Waals surface area contributed by atoms with Crippen molar-refractivity contribution in [2.24, 2.45) is 5.73 Å². The van der Waals surface area contributed by atoms with E-state index >= 15 is 0 Å². The summed E-state index contributed by atoms with van der Waals surface area (Å²) >= 11 is 0. The van der Waals surface area contributed by atoms with Crippen LogP contribution in [0.2, 0.25) is 0 Å². The molecule has 0 unspecified atom stereocenters. The van der Waals surface area contributed by atoms with E-state index in [0.29, 0.717) is 6.04 Å². The summed E-state index contributed by atoms with van der Waals surface area (Å²) in [5.74, 6) is 1.00. The molecule has 3 N–H and O–H groups in total. The summed E-state index contributed by atoms with van der Waals surface area (Å²) in [6.07, 6.45) is 6.93. The van der Waals surface area contributed by atoms with Gasteiger partial charge in [-0.25, -0.2) is 4.79 Å². The number of amides is 2. The van der Waals surface area contributed by atoms with Gasteiger partial charge in [0.1, 0.15) is 5.75 Å². The van der Waals surface area contributed by atoms with Crippen molar-refractivity contribution in [3.05, 3.63) is 29.8 Å². The maximum Gasteiger partial charge on any atom is 0.314 e. The van der Waals surface area contributed by atoms with E-state index in [1.165, 1.54) is 31.2 Å². The molecule has 24 heavy (non-hydrogen) atoms. The van der Waals surface area contributed by atoms with Gasteiger partial charge in [-0.1, -0.05) is 31.0 Å². The van der Waals surface area contributed by atoms with E-state index in [4.69, 9.17) is 10.5 Å². The summed E-state index contributed by atoms with van der Waals surface area (Å²) in [6.45, 7) is 2.50. The van der Waals surface area contributed by atoms with E-state index in [0.717, 1.165) is 38.2 Å². The molecule has 2 aliphatic rings. The maximum absolute atomic E-state index is 11.2. The van der Waals surface area contributed by atoms with Crippen molar-refractivity contribution in [2.45, 2.75) is 50.0 Å². The van der Waals surface area contributed by atoms with E-state index in [-0.39, 0.29) is 11.4 Å². The summed E-state index contributed by atoms with van der Waals surface area (Å²) in [5.41, 5.74) is 6.88. The quantitative estimate of drug-likeness (QED) is 0.871. The lowest BCUT2D eigenvalue weighted by atomic mass is 9.78. The Bertz CT molecular complexity index is 561. The molecule has 2 amide bonds. The van der Waals surface area contributed by atoms with Crippen LogP contribution < -0.4 is 15.8 Å². The molecule has 0 atom stereocenters. The fourth-order valence-electron chi connectivity index (χ4n) is 4.32. The number of likely N-dealkylation sites (tertiary alicyclic amines) is 1. The first-order valence-electron chi connectivity index (χ1n) is 9.06. The van der Waals surface area contributed by atoms with Gasteiger partial charge < -0.3 is 20.7 Å². The van der Waals surface area contributed by atoms with Crippen molar-refractivity contribution in [2.75, 3.05) is 26.7 Å². The van der Waals surface area contributed by atoms with E-state index in [1.54, 1.807) is 12.0 Å². The smallest absolute Gasteiger partial charge is 0.314 e. The van der Waals surface area contributed by atoms with E-state index in [1.807, 2.05) is 6.07 Å². The van der Waals surface area contributed by atoms with Crippen molar-refractivity contribution in [3.63, 3.8) is 0 Å². The molecule has 1 heterocycles. The van der Waals surface area contributed by atoms with Gasteiger partial charge in [-0.15, -0.1) is 0 Å². The molecule has 1 aromatic carbocycles. The summed E-state index contributed by atoms with van der Waals surface area (Å²) in [4.78, 5) is 13.0. The minimum absolute atomic E-state index is 0.174. The highest BCUT2D eigenvalue weighted by Crippen LogP contribution is 2.44. The molecule has 0 spiro atoms. The normalized spacial score (nSPS) is 21.0. The first-order chi connectivity index (χ1) is 11.6. The Morgan fingerprint density at radius 3 is 2.58 bits per heavy atom. The molecular formula is C19H29N3O2. The molecule has 1 saturated carbocycles. The highest BCUT2D eigenvalue weighted by atomic mass is 16.5. The molecule has 1 aliphatic carbocycles. The van der Waals surface area contributed by atoms with Crippen LogP contribution >= 0.6 is 0 Å². The molecule has 3 rings (SSSR count). The molecule has 0 radical (unpaired) electrons.